The summed E-state index contributed by atoms with van der Waals surface area (Å²) in [6.45, 7) is 0. The minimum atomic E-state index is -0.674. The maximum absolute atomic E-state index is 10.7. The molecule has 5 heteroatoms. The molecule has 1 rings (SSSR count). The molecule has 58 valence electrons. The van der Waals surface area contributed by atoms with E-state index in [1.807, 2.05) is 0 Å². The summed E-state index contributed by atoms with van der Waals surface area (Å²) >= 11 is 5.56. The van der Waals surface area contributed by atoms with Crippen LogP contribution < -0.4 is 35.0 Å². The van der Waals surface area contributed by atoms with E-state index in [0.29, 0.717) is 5.02 Å². The predicted molar refractivity (Wildman–Crippen MR) is 42.3 cm³/mol. The van der Waals surface area contributed by atoms with Crippen LogP contribution in [0.4, 0.5) is 0 Å². The smallest absolute Gasteiger partial charge is 0.759 e. The van der Waals surface area contributed by atoms with Crippen LogP contribution in [-0.4, -0.2) is 5.91 Å². The average molecular weight is 194 g/mol. The summed E-state index contributed by atoms with van der Waals surface area (Å²) in [5.41, 5.74) is 1.53. The number of carbonyl (C=O) groups excluding carboxylic acids is 1. The Morgan fingerprint density at radius 3 is 2.67 bits per heavy atom. The van der Waals surface area contributed by atoms with Gasteiger partial charge in [0.05, 0.1) is 0 Å². The summed E-state index contributed by atoms with van der Waals surface area (Å²) in [6.07, 6.45) is 0. The summed E-state index contributed by atoms with van der Waals surface area (Å²) in [7, 11) is 0. The van der Waals surface area contributed by atoms with Gasteiger partial charge >= 0.3 is 29.6 Å². The first-order valence-corrected chi connectivity index (χ1v) is 3.30. The number of amides is 1. The molecule has 0 saturated carbocycles. The van der Waals surface area contributed by atoms with E-state index in [0.717, 1.165) is 0 Å². The van der Waals surface area contributed by atoms with Crippen LogP contribution >= 0.6 is 11.6 Å². The van der Waals surface area contributed by atoms with E-state index in [1.54, 1.807) is 12.1 Å². The van der Waals surface area contributed by atoms with E-state index in [2.05, 4.69) is 0 Å². The van der Waals surface area contributed by atoms with Crippen LogP contribution in [0.5, 0.6) is 0 Å². The zero-order chi connectivity index (χ0) is 8.27. The van der Waals surface area contributed by atoms with Gasteiger partial charge in [-0.05, 0) is 18.2 Å². The van der Waals surface area contributed by atoms with Crippen molar-refractivity contribution in [1.82, 2.24) is 5.48 Å². The van der Waals surface area contributed by atoms with Crippen molar-refractivity contribution < 1.29 is 34.4 Å². The third-order valence-corrected chi connectivity index (χ3v) is 1.41. The Morgan fingerprint density at radius 1 is 1.50 bits per heavy atom. The van der Waals surface area contributed by atoms with Crippen molar-refractivity contribution in [3.05, 3.63) is 40.1 Å². The quantitative estimate of drug-likeness (QED) is 0.439. The molecule has 0 radical (unpaired) electrons. The van der Waals surface area contributed by atoms with Crippen molar-refractivity contribution in [3.8, 4) is 0 Å². The fourth-order valence-electron chi connectivity index (χ4n) is 0.689. The van der Waals surface area contributed by atoms with Gasteiger partial charge in [0.1, 0.15) is 0 Å². The summed E-state index contributed by atoms with van der Waals surface area (Å²) in [4.78, 5) is 10.7. The molecule has 1 aromatic carbocycles. The molecule has 0 atom stereocenters. The fourth-order valence-corrected chi connectivity index (χ4v) is 0.879. The molecule has 0 saturated heterocycles. The van der Waals surface area contributed by atoms with Crippen molar-refractivity contribution in [2.24, 2.45) is 0 Å². The predicted octanol–water partition coefficient (Wildman–Crippen LogP) is -1.43. The van der Waals surface area contributed by atoms with Crippen molar-refractivity contribution in [3.63, 3.8) is 0 Å². The molecule has 0 spiro atoms. The molecule has 3 nitrogen and oxygen atoms in total. The van der Waals surface area contributed by atoms with Crippen molar-refractivity contribution in [2.45, 2.75) is 0 Å². The van der Waals surface area contributed by atoms with Gasteiger partial charge < -0.3 is 10.7 Å². The number of hydrogen-bond acceptors (Lipinski definition) is 2. The minimum absolute atomic E-state index is 0. The molecule has 0 heterocycles. The molecule has 0 aliphatic carbocycles. The van der Waals surface area contributed by atoms with Gasteiger partial charge in [0.15, 0.2) is 0 Å². The van der Waals surface area contributed by atoms with E-state index < -0.39 is 5.91 Å². The van der Waals surface area contributed by atoms with Gasteiger partial charge in [-0.1, -0.05) is 17.7 Å². The Morgan fingerprint density at radius 2 is 2.17 bits per heavy atom. The topological polar surface area (TPSA) is 52.2 Å². The van der Waals surface area contributed by atoms with E-state index >= 15 is 0 Å². The molecular weight excluding hydrogens is 189 g/mol. The summed E-state index contributed by atoms with van der Waals surface area (Å²) in [6, 6.07) is 6.17. The number of benzene rings is 1. The van der Waals surface area contributed by atoms with Gasteiger partial charge in [0, 0.05) is 10.6 Å². The third kappa shape index (κ3) is 3.13. The Labute approximate surface area is 97.0 Å². The van der Waals surface area contributed by atoms with Crippen LogP contribution in [0.2, 0.25) is 5.02 Å². The van der Waals surface area contributed by atoms with Crippen LogP contribution in [0, 0.1) is 5.21 Å². The van der Waals surface area contributed by atoms with Gasteiger partial charge in [-0.2, -0.15) is 0 Å². The van der Waals surface area contributed by atoms with Crippen molar-refractivity contribution in [1.29, 1.82) is 0 Å². The second-order valence-corrected chi connectivity index (χ2v) is 2.38. The number of carbonyl (C=O) groups is 1. The van der Waals surface area contributed by atoms with Crippen LogP contribution in [-0.2, 0) is 0 Å². The SMILES string of the molecule is O=C(N[O-])c1cccc(Cl)c1.[Na+]. The first kappa shape index (κ1) is 11.9. The number of nitrogens with one attached hydrogen (secondary N) is 1. The number of rotatable bonds is 1. The van der Waals surface area contributed by atoms with Crippen LogP contribution in [0.25, 0.3) is 0 Å². The normalized spacial score (nSPS) is 8.50. The summed E-state index contributed by atoms with van der Waals surface area (Å²) in [5, 5.41) is 10.3. The first-order valence-electron chi connectivity index (χ1n) is 2.92. The van der Waals surface area contributed by atoms with Crippen molar-refractivity contribution in [2.75, 3.05) is 0 Å². The van der Waals surface area contributed by atoms with Gasteiger partial charge in [0.2, 0.25) is 5.91 Å². The molecule has 0 aliphatic heterocycles. The van der Waals surface area contributed by atoms with Crippen molar-refractivity contribution >= 4 is 17.5 Å². The van der Waals surface area contributed by atoms with Gasteiger partial charge in [-0.25, -0.2) is 0 Å². The zero-order valence-corrected chi connectivity index (χ0v) is 9.26. The van der Waals surface area contributed by atoms with Crippen LogP contribution in [0.15, 0.2) is 24.3 Å². The second-order valence-electron chi connectivity index (χ2n) is 1.94. The monoisotopic (exact) mass is 193 g/mol. The molecule has 1 N–H and O–H groups in total. The molecule has 0 aromatic heterocycles. The maximum atomic E-state index is 10.7. The summed E-state index contributed by atoms with van der Waals surface area (Å²) < 4.78 is 0. The second kappa shape index (κ2) is 5.56. The Kier molecular flexibility index (Phi) is 5.53. The van der Waals surface area contributed by atoms with E-state index in [4.69, 9.17) is 11.6 Å². The molecule has 0 fully saturated rings. The van der Waals surface area contributed by atoms with Gasteiger partial charge in [-0.15, -0.1) is 0 Å². The van der Waals surface area contributed by atoms with Crippen LogP contribution in [0.1, 0.15) is 10.4 Å². The largest absolute Gasteiger partial charge is 1.00 e. The molecule has 12 heavy (non-hydrogen) atoms. The zero-order valence-electron chi connectivity index (χ0n) is 6.50. The maximum Gasteiger partial charge on any atom is 1.00 e. The van der Waals surface area contributed by atoms with E-state index in [1.165, 1.54) is 17.6 Å². The number of hydrogen-bond donors (Lipinski definition) is 1. The molecule has 1 aromatic rings. The molecule has 0 unspecified atom stereocenters. The summed E-state index contributed by atoms with van der Waals surface area (Å²) in [5.74, 6) is -0.674. The molecular formula is C7H5ClNNaO2. The van der Waals surface area contributed by atoms with Gasteiger partial charge in [0.25, 0.3) is 0 Å². The number of halogens is 1. The standard InChI is InChI=1S/C7H5ClNO2.Na/c8-6-3-1-2-5(4-6)7(10)9-11;/h1-4H,(H-,9,10,11);/q-1;+1. The van der Waals surface area contributed by atoms with E-state index in [-0.39, 0.29) is 35.1 Å². The number of hydroxylamine groups is 1. The molecule has 0 bridgehead atoms. The van der Waals surface area contributed by atoms with Gasteiger partial charge in [-0.3, -0.25) is 4.79 Å². The minimum Gasteiger partial charge on any atom is -0.759 e. The van der Waals surface area contributed by atoms with Crippen LogP contribution in [0.3, 0.4) is 0 Å². The Hall–Kier alpha value is -0.0600. The van der Waals surface area contributed by atoms with E-state index in [9.17, 15) is 10.0 Å². The Bertz CT molecular complexity index is 280. The fraction of sp³-hybridized carbons (Fsp3) is 0. The molecule has 0 aliphatic rings. The Balaban J connectivity index is 0.00000121. The molecule has 1 amide bonds. The average Bonchev–Trinajstić information content (AvgIpc) is 2.03. The first-order chi connectivity index (χ1) is 5.24. The third-order valence-electron chi connectivity index (χ3n) is 1.18.